The third-order valence-electron chi connectivity index (χ3n) is 6.23. The Labute approximate surface area is 183 Å². The second kappa shape index (κ2) is 9.16. The number of rotatable bonds is 6. The number of amides is 1. The Kier molecular flexibility index (Phi) is 6.34. The van der Waals surface area contributed by atoms with Gasteiger partial charge in [-0.05, 0) is 25.0 Å². The number of aromatic nitrogens is 3. The molecule has 31 heavy (non-hydrogen) atoms. The van der Waals surface area contributed by atoms with E-state index in [0.29, 0.717) is 18.0 Å². The molecule has 7 nitrogen and oxygen atoms in total. The van der Waals surface area contributed by atoms with Gasteiger partial charge in [0.1, 0.15) is 0 Å². The maximum Gasteiger partial charge on any atom is 0.252 e. The lowest BCUT2D eigenvalue weighted by Gasteiger charge is -2.37. The van der Waals surface area contributed by atoms with Crippen molar-refractivity contribution in [2.75, 3.05) is 32.8 Å². The fourth-order valence-corrected chi connectivity index (χ4v) is 4.24. The van der Waals surface area contributed by atoms with E-state index in [1.165, 1.54) is 0 Å². The molecule has 0 spiro atoms. The standard InChI is InChI=1S/C24H31N5O2/c1-16(2)23(29-9-11-31-12-10-29)15-25-24(30)19-13-22(20-14-26-28(4)17(20)3)27-21-8-6-5-7-18(19)21/h5-8,13-14,16,23H,9-12,15H2,1-4H3,(H,25,30). The number of benzene rings is 1. The number of nitrogens with one attached hydrogen (secondary N) is 1. The molecule has 7 heteroatoms. The van der Waals surface area contributed by atoms with E-state index in [2.05, 4.69) is 29.2 Å². The summed E-state index contributed by atoms with van der Waals surface area (Å²) in [6.45, 7) is 10.3. The molecule has 2 aromatic heterocycles. The van der Waals surface area contributed by atoms with Gasteiger partial charge >= 0.3 is 0 Å². The zero-order valence-corrected chi connectivity index (χ0v) is 18.8. The Morgan fingerprint density at radius 1 is 1.23 bits per heavy atom. The molecule has 0 bridgehead atoms. The van der Waals surface area contributed by atoms with Crippen molar-refractivity contribution < 1.29 is 9.53 Å². The van der Waals surface area contributed by atoms with E-state index in [9.17, 15) is 4.79 Å². The Balaban J connectivity index is 1.63. The predicted octanol–water partition coefficient (Wildman–Crippen LogP) is 3.03. The van der Waals surface area contributed by atoms with Crippen LogP contribution in [0.2, 0.25) is 0 Å². The summed E-state index contributed by atoms with van der Waals surface area (Å²) in [5.41, 5.74) is 4.18. The number of para-hydroxylation sites is 1. The molecule has 3 heterocycles. The normalized spacial score (nSPS) is 16.0. The lowest BCUT2D eigenvalue weighted by Crippen LogP contribution is -2.51. The SMILES string of the molecule is Cc1c(-c2cc(C(=O)NCC(C(C)C)N3CCOCC3)c3ccccc3n2)cnn1C. The molecule has 1 fully saturated rings. The van der Waals surface area contributed by atoms with Crippen LogP contribution >= 0.6 is 0 Å². The van der Waals surface area contributed by atoms with Gasteiger partial charge in [0.25, 0.3) is 5.91 Å². The average molecular weight is 422 g/mol. The van der Waals surface area contributed by atoms with Crippen LogP contribution in [0.5, 0.6) is 0 Å². The van der Waals surface area contributed by atoms with Gasteiger partial charge in [0, 0.05) is 49.4 Å². The third kappa shape index (κ3) is 4.48. The molecule has 1 aliphatic rings. The lowest BCUT2D eigenvalue weighted by molar-refractivity contribution is 0.00673. The summed E-state index contributed by atoms with van der Waals surface area (Å²) in [6.07, 6.45) is 1.81. The Morgan fingerprint density at radius 3 is 2.65 bits per heavy atom. The van der Waals surface area contributed by atoms with Gasteiger partial charge in [-0.15, -0.1) is 0 Å². The third-order valence-corrected chi connectivity index (χ3v) is 6.23. The zero-order chi connectivity index (χ0) is 22.0. The van der Waals surface area contributed by atoms with E-state index in [-0.39, 0.29) is 11.9 Å². The van der Waals surface area contributed by atoms with E-state index in [0.717, 1.165) is 54.2 Å². The van der Waals surface area contributed by atoms with Crippen LogP contribution in [0.3, 0.4) is 0 Å². The molecule has 4 rings (SSSR count). The molecule has 0 radical (unpaired) electrons. The van der Waals surface area contributed by atoms with Crippen LogP contribution in [0.25, 0.3) is 22.2 Å². The van der Waals surface area contributed by atoms with Crippen molar-refractivity contribution in [2.45, 2.75) is 26.8 Å². The molecule has 1 aromatic carbocycles. The van der Waals surface area contributed by atoms with Gasteiger partial charge in [-0.25, -0.2) is 4.98 Å². The monoisotopic (exact) mass is 421 g/mol. The highest BCUT2D eigenvalue weighted by atomic mass is 16.5. The van der Waals surface area contributed by atoms with E-state index in [4.69, 9.17) is 9.72 Å². The van der Waals surface area contributed by atoms with Gasteiger partial charge < -0.3 is 10.1 Å². The largest absolute Gasteiger partial charge is 0.379 e. The van der Waals surface area contributed by atoms with E-state index < -0.39 is 0 Å². The number of ether oxygens (including phenoxy) is 1. The number of carbonyl (C=O) groups excluding carboxylic acids is 1. The molecule has 1 aliphatic heterocycles. The topological polar surface area (TPSA) is 72.3 Å². The summed E-state index contributed by atoms with van der Waals surface area (Å²) < 4.78 is 7.32. The summed E-state index contributed by atoms with van der Waals surface area (Å²) in [5, 5.41) is 8.40. The minimum Gasteiger partial charge on any atom is -0.379 e. The second-order valence-electron chi connectivity index (χ2n) is 8.51. The average Bonchev–Trinajstić information content (AvgIpc) is 3.11. The van der Waals surface area contributed by atoms with Gasteiger partial charge in [0.2, 0.25) is 0 Å². The number of nitrogens with zero attached hydrogens (tertiary/aromatic N) is 4. The van der Waals surface area contributed by atoms with Gasteiger partial charge in [0.05, 0.1) is 36.2 Å². The molecule has 164 valence electrons. The molecule has 0 aliphatic carbocycles. The minimum absolute atomic E-state index is 0.0692. The first-order valence-electron chi connectivity index (χ1n) is 10.9. The smallest absolute Gasteiger partial charge is 0.252 e. The summed E-state index contributed by atoms with van der Waals surface area (Å²) in [7, 11) is 1.91. The first-order valence-corrected chi connectivity index (χ1v) is 10.9. The molecular formula is C24H31N5O2. The van der Waals surface area contributed by atoms with E-state index in [1.807, 2.05) is 49.0 Å². The number of pyridine rings is 1. The minimum atomic E-state index is -0.0692. The maximum atomic E-state index is 13.3. The van der Waals surface area contributed by atoms with Crippen LogP contribution < -0.4 is 5.32 Å². The summed E-state index contributed by atoms with van der Waals surface area (Å²) in [6, 6.07) is 9.97. The van der Waals surface area contributed by atoms with Crippen molar-refractivity contribution in [2.24, 2.45) is 13.0 Å². The number of carbonyl (C=O) groups is 1. The van der Waals surface area contributed by atoms with Gasteiger partial charge in [-0.1, -0.05) is 32.0 Å². The fraction of sp³-hybridized carbons (Fsp3) is 0.458. The van der Waals surface area contributed by atoms with Crippen LogP contribution in [-0.2, 0) is 11.8 Å². The predicted molar refractivity (Wildman–Crippen MR) is 122 cm³/mol. The number of morpholine rings is 1. The number of hydrogen-bond acceptors (Lipinski definition) is 5. The lowest BCUT2D eigenvalue weighted by atomic mass is 10.0. The molecule has 1 saturated heterocycles. The number of fused-ring (bicyclic) bond motifs is 1. The summed E-state index contributed by atoms with van der Waals surface area (Å²) in [4.78, 5) is 20.6. The summed E-state index contributed by atoms with van der Waals surface area (Å²) in [5.74, 6) is 0.362. The van der Waals surface area contributed by atoms with Crippen molar-refractivity contribution in [1.29, 1.82) is 0 Å². The van der Waals surface area contributed by atoms with Crippen LogP contribution in [0, 0.1) is 12.8 Å². The molecule has 1 amide bonds. The highest BCUT2D eigenvalue weighted by molar-refractivity contribution is 6.07. The highest BCUT2D eigenvalue weighted by Gasteiger charge is 2.25. The molecule has 1 unspecified atom stereocenters. The molecule has 1 N–H and O–H groups in total. The number of hydrogen-bond donors (Lipinski definition) is 1. The van der Waals surface area contributed by atoms with Gasteiger partial charge in [0.15, 0.2) is 0 Å². The molecule has 0 saturated carbocycles. The van der Waals surface area contributed by atoms with Crippen LogP contribution in [0.4, 0.5) is 0 Å². The van der Waals surface area contributed by atoms with E-state index in [1.54, 1.807) is 6.20 Å². The van der Waals surface area contributed by atoms with Crippen molar-refractivity contribution >= 4 is 16.8 Å². The molecule has 1 atom stereocenters. The first-order chi connectivity index (χ1) is 15.0. The Hall–Kier alpha value is -2.77. The van der Waals surface area contributed by atoms with E-state index >= 15 is 0 Å². The van der Waals surface area contributed by atoms with Crippen LogP contribution in [0.1, 0.15) is 29.9 Å². The molecule has 3 aromatic rings. The molecular weight excluding hydrogens is 390 g/mol. The second-order valence-corrected chi connectivity index (χ2v) is 8.51. The zero-order valence-electron chi connectivity index (χ0n) is 18.8. The van der Waals surface area contributed by atoms with Crippen LogP contribution in [0.15, 0.2) is 36.5 Å². The first kappa shape index (κ1) is 21.5. The Bertz CT molecular complexity index is 1070. The van der Waals surface area contributed by atoms with Crippen molar-refractivity contribution in [3.8, 4) is 11.3 Å². The van der Waals surface area contributed by atoms with Crippen molar-refractivity contribution in [1.82, 2.24) is 25.0 Å². The van der Waals surface area contributed by atoms with Crippen molar-refractivity contribution in [3.05, 3.63) is 47.8 Å². The quantitative estimate of drug-likeness (QED) is 0.662. The maximum absolute atomic E-state index is 13.3. The Morgan fingerprint density at radius 2 is 1.97 bits per heavy atom. The fourth-order valence-electron chi connectivity index (χ4n) is 4.24. The van der Waals surface area contributed by atoms with Crippen LogP contribution in [-0.4, -0.2) is 64.5 Å². The van der Waals surface area contributed by atoms with Gasteiger partial charge in [-0.3, -0.25) is 14.4 Å². The highest BCUT2D eigenvalue weighted by Crippen LogP contribution is 2.27. The van der Waals surface area contributed by atoms with Gasteiger partial charge in [-0.2, -0.15) is 5.10 Å². The van der Waals surface area contributed by atoms with Crippen molar-refractivity contribution in [3.63, 3.8) is 0 Å². The number of aryl methyl sites for hydroxylation is 1. The summed E-state index contributed by atoms with van der Waals surface area (Å²) >= 11 is 0.